The maximum absolute atomic E-state index is 11.3. The van der Waals surface area contributed by atoms with Crippen LogP contribution in [0.4, 0.5) is 0 Å². The molecule has 0 aliphatic heterocycles. The SMILES string of the molecule is CCCCCCCCCCCCO[C@H]([C@H](O)CO)[C@@](O)(CCCCCCCCCCCC)[C@H](O)CO. The van der Waals surface area contributed by atoms with Crippen LogP contribution in [0.15, 0.2) is 0 Å². The van der Waals surface area contributed by atoms with E-state index < -0.39 is 37.1 Å². The molecule has 0 aromatic carbocycles. The van der Waals surface area contributed by atoms with E-state index >= 15 is 0 Å². The topological polar surface area (TPSA) is 110 Å². The van der Waals surface area contributed by atoms with Crippen LogP contribution in [0, 0.1) is 0 Å². The Bertz CT molecular complexity index is 449. The summed E-state index contributed by atoms with van der Waals surface area (Å²) in [5.74, 6) is 0. The minimum absolute atomic E-state index is 0.213. The lowest BCUT2D eigenvalue weighted by molar-refractivity contribution is -0.211. The number of aliphatic hydroxyl groups excluding tert-OH is 4. The van der Waals surface area contributed by atoms with Gasteiger partial charge in [-0.05, 0) is 12.8 Å². The van der Waals surface area contributed by atoms with Crippen LogP contribution in [0.25, 0.3) is 0 Å². The van der Waals surface area contributed by atoms with Crippen LogP contribution in [0.3, 0.4) is 0 Å². The van der Waals surface area contributed by atoms with E-state index in [1.807, 2.05) is 0 Å². The molecular formula is C30H62O6. The average Bonchev–Trinajstić information content (AvgIpc) is 2.89. The molecule has 0 aromatic rings. The molecular weight excluding hydrogens is 456 g/mol. The first kappa shape index (κ1) is 35.8. The molecule has 0 bridgehead atoms. The van der Waals surface area contributed by atoms with E-state index in [-0.39, 0.29) is 6.42 Å². The Kier molecular flexibility index (Phi) is 24.9. The third-order valence-electron chi connectivity index (χ3n) is 7.51. The summed E-state index contributed by atoms with van der Waals surface area (Å²) in [5.41, 5.74) is -1.80. The van der Waals surface area contributed by atoms with Crippen LogP contribution in [0.1, 0.15) is 149 Å². The quantitative estimate of drug-likeness (QED) is 0.0808. The fraction of sp³-hybridized carbons (Fsp3) is 1.00. The van der Waals surface area contributed by atoms with Crippen LogP contribution in [-0.4, -0.2) is 69.3 Å². The van der Waals surface area contributed by atoms with E-state index in [0.717, 1.165) is 38.5 Å². The number of hydrogen-bond donors (Lipinski definition) is 5. The Morgan fingerprint density at radius 2 is 0.944 bits per heavy atom. The van der Waals surface area contributed by atoms with E-state index in [1.165, 1.54) is 83.5 Å². The first-order valence-corrected chi connectivity index (χ1v) is 15.4. The van der Waals surface area contributed by atoms with Gasteiger partial charge in [0, 0.05) is 6.61 Å². The summed E-state index contributed by atoms with van der Waals surface area (Å²) in [6.07, 6.45) is 19.8. The fourth-order valence-electron chi connectivity index (χ4n) is 5.04. The first-order valence-electron chi connectivity index (χ1n) is 15.4. The van der Waals surface area contributed by atoms with Crippen LogP contribution in [0.5, 0.6) is 0 Å². The normalized spacial score (nSPS) is 16.1. The van der Waals surface area contributed by atoms with Gasteiger partial charge in [0.25, 0.3) is 0 Å². The molecule has 0 aliphatic carbocycles. The molecule has 0 amide bonds. The van der Waals surface area contributed by atoms with Gasteiger partial charge in [-0.3, -0.25) is 0 Å². The highest BCUT2D eigenvalue weighted by Crippen LogP contribution is 2.29. The lowest BCUT2D eigenvalue weighted by Crippen LogP contribution is -2.59. The zero-order chi connectivity index (χ0) is 26.9. The van der Waals surface area contributed by atoms with Gasteiger partial charge in [0.1, 0.15) is 23.9 Å². The molecule has 0 aromatic heterocycles. The summed E-state index contributed by atoms with van der Waals surface area (Å²) >= 11 is 0. The maximum Gasteiger partial charge on any atom is 0.121 e. The summed E-state index contributed by atoms with van der Waals surface area (Å²) in [7, 11) is 0. The second-order valence-electron chi connectivity index (χ2n) is 10.8. The molecule has 0 radical (unpaired) electrons. The summed E-state index contributed by atoms with van der Waals surface area (Å²) in [5, 5.41) is 51.3. The number of aliphatic hydroxyl groups is 5. The monoisotopic (exact) mass is 518 g/mol. The predicted octanol–water partition coefficient (Wildman–Crippen LogP) is 6.04. The Hall–Kier alpha value is -0.240. The fourth-order valence-corrected chi connectivity index (χ4v) is 5.04. The Morgan fingerprint density at radius 3 is 1.33 bits per heavy atom. The van der Waals surface area contributed by atoms with Crippen molar-refractivity contribution in [2.24, 2.45) is 0 Å². The van der Waals surface area contributed by atoms with E-state index in [2.05, 4.69) is 13.8 Å². The molecule has 0 fully saturated rings. The van der Waals surface area contributed by atoms with Crippen LogP contribution in [-0.2, 0) is 4.74 Å². The highest BCUT2D eigenvalue weighted by atomic mass is 16.5. The van der Waals surface area contributed by atoms with Gasteiger partial charge >= 0.3 is 0 Å². The minimum Gasteiger partial charge on any atom is -0.394 e. The third-order valence-corrected chi connectivity index (χ3v) is 7.51. The van der Waals surface area contributed by atoms with Gasteiger partial charge in [-0.1, -0.05) is 136 Å². The zero-order valence-corrected chi connectivity index (χ0v) is 23.8. The van der Waals surface area contributed by atoms with Crippen molar-refractivity contribution in [2.45, 2.75) is 173 Å². The molecule has 4 atom stereocenters. The standard InChI is InChI=1S/C30H62O6/c1-3-5-7-9-11-13-15-17-19-21-23-30(35,28(34)26-32)29(27(33)25-31)36-24-22-20-18-16-14-12-10-8-6-4-2/h27-29,31-35H,3-26H2,1-2H3/t27-,28-,29-,30-/m1/s1. The Balaban J connectivity index is 4.40. The molecule has 0 saturated carbocycles. The molecule has 0 saturated heterocycles. The van der Waals surface area contributed by atoms with Gasteiger partial charge in [0.2, 0.25) is 0 Å². The van der Waals surface area contributed by atoms with Crippen molar-refractivity contribution in [1.29, 1.82) is 0 Å². The smallest absolute Gasteiger partial charge is 0.121 e. The number of ether oxygens (including phenoxy) is 1. The molecule has 0 heterocycles. The molecule has 0 rings (SSSR count). The van der Waals surface area contributed by atoms with E-state index in [0.29, 0.717) is 13.0 Å². The van der Waals surface area contributed by atoms with Crippen molar-refractivity contribution >= 4 is 0 Å². The average molecular weight is 519 g/mol. The summed E-state index contributed by atoms with van der Waals surface area (Å²) < 4.78 is 5.87. The molecule has 0 unspecified atom stereocenters. The van der Waals surface area contributed by atoms with Crippen molar-refractivity contribution in [3.63, 3.8) is 0 Å². The number of rotatable bonds is 28. The molecule has 218 valence electrons. The Morgan fingerprint density at radius 1 is 0.556 bits per heavy atom. The van der Waals surface area contributed by atoms with Gasteiger partial charge in [-0.2, -0.15) is 0 Å². The highest BCUT2D eigenvalue weighted by molar-refractivity contribution is 4.97. The van der Waals surface area contributed by atoms with E-state index in [9.17, 15) is 25.5 Å². The zero-order valence-electron chi connectivity index (χ0n) is 23.8. The van der Waals surface area contributed by atoms with Crippen molar-refractivity contribution in [3.05, 3.63) is 0 Å². The molecule has 0 aliphatic rings. The van der Waals surface area contributed by atoms with Gasteiger partial charge < -0.3 is 30.3 Å². The molecule has 5 N–H and O–H groups in total. The van der Waals surface area contributed by atoms with Gasteiger partial charge in [-0.15, -0.1) is 0 Å². The van der Waals surface area contributed by atoms with Gasteiger partial charge in [0.15, 0.2) is 0 Å². The molecule has 6 nitrogen and oxygen atoms in total. The second kappa shape index (κ2) is 25.1. The Labute approximate surface area is 222 Å². The number of hydrogen-bond acceptors (Lipinski definition) is 6. The van der Waals surface area contributed by atoms with Gasteiger partial charge in [-0.25, -0.2) is 0 Å². The lowest BCUT2D eigenvalue weighted by atomic mass is 9.82. The van der Waals surface area contributed by atoms with Gasteiger partial charge in [0.05, 0.1) is 13.2 Å². The van der Waals surface area contributed by atoms with E-state index in [4.69, 9.17) is 4.74 Å². The predicted molar refractivity (Wildman–Crippen MR) is 149 cm³/mol. The highest BCUT2D eigenvalue weighted by Gasteiger charge is 2.46. The first-order chi connectivity index (χ1) is 17.5. The van der Waals surface area contributed by atoms with Crippen LogP contribution >= 0.6 is 0 Å². The molecule has 0 spiro atoms. The van der Waals surface area contributed by atoms with E-state index in [1.54, 1.807) is 0 Å². The summed E-state index contributed by atoms with van der Waals surface area (Å²) in [4.78, 5) is 0. The van der Waals surface area contributed by atoms with Crippen molar-refractivity contribution in [3.8, 4) is 0 Å². The van der Waals surface area contributed by atoms with Crippen LogP contribution < -0.4 is 0 Å². The lowest BCUT2D eigenvalue weighted by Gasteiger charge is -2.41. The maximum atomic E-state index is 11.3. The summed E-state index contributed by atoms with van der Waals surface area (Å²) in [6.45, 7) is 3.61. The second-order valence-corrected chi connectivity index (χ2v) is 10.8. The van der Waals surface area contributed by atoms with Crippen molar-refractivity contribution in [1.82, 2.24) is 0 Å². The minimum atomic E-state index is -1.80. The molecule has 6 heteroatoms. The number of unbranched alkanes of at least 4 members (excludes halogenated alkanes) is 18. The third kappa shape index (κ3) is 17.3. The van der Waals surface area contributed by atoms with Crippen molar-refractivity contribution < 1.29 is 30.3 Å². The largest absolute Gasteiger partial charge is 0.394 e. The van der Waals surface area contributed by atoms with Crippen molar-refractivity contribution in [2.75, 3.05) is 19.8 Å². The van der Waals surface area contributed by atoms with Crippen LogP contribution in [0.2, 0.25) is 0 Å². The molecule has 36 heavy (non-hydrogen) atoms. The summed E-state index contributed by atoms with van der Waals surface area (Å²) in [6, 6.07) is 0.